The zero-order valence-corrected chi connectivity index (χ0v) is 16.7. The van der Waals surface area contributed by atoms with Gasteiger partial charge in [-0.3, -0.25) is 0 Å². The molecule has 0 saturated carbocycles. The van der Waals surface area contributed by atoms with Crippen LogP contribution in [0.1, 0.15) is 50.2 Å². The first-order chi connectivity index (χ1) is 13.8. The third-order valence-electron chi connectivity index (χ3n) is 6.48. The molecule has 3 heteroatoms. The molecule has 6 rings (SSSR count). The molecule has 3 aliphatic rings. The summed E-state index contributed by atoms with van der Waals surface area (Å²) in [6, 6.07) is 23.4. The van der Waals surface area contributed by atoms with Crippen molar-refractivity contribution < 1.29 is 0 Å². The molecule has 0 spiro atoms. The predicted molar refractivity (Wildman–Crippen MR) is 118 cm³/mol. The van der Waals surface area contributed by atoms with Crippen LogP contribution in [-0.4, -0.2) is 0 Å². The number of fused-ring (bicyclic) bond motifs is 3. The Balaban J connectivity index is 1.24. The van der Waals surface area contributed by atoms with Crippen LogP contribution in [0.25, 0.3) is 0 Å². The van der Waals surface area contributed by atoms with Crippen LogP contribution in [-0.2, 0) is 31.7 Å². The molecule has 0 amide bonds. The molecule has 3 aromatic carbocycles. The quantitative estimate of drug-likeness (QED) is 0.607. The van der Waals surface area contributed by atoms with Crippen molar-refractivity contribution in [3.63, 3.8) is 0 Å². The van der Waals surface area contributed by atoms with E-state index >= 15 is 0 Å². The van der Waals surface area contributed by atoms with E-state index in [9.17, 15) is 0 Å². The minimum atomic E-state index is 0.399. The highest BCUT2D eigenvalue weighted by molar-refractivity contribution is 7.98. The van der Waals surface area contributed by atoms with Gasteiger partial charge in [-0.1, -0.05) is 54.6 Å². The Morgan fingerprint density at radius 2 is 1.54 bits per heavy atom. The van der Waals surface area contributed by atoms with Crippen LogP contribution in [0, 0.1) is 0 Å². The van der Waals surface area contributed by atoms with E-state index in [2.05, 4.69) is 83.1 Å². The van der Waals surface area contributed by atoms with Gasteiger partial charge in [0.15, 0.2) is 0 Å². The molecule has 0 bridgehead atoms. The molecule has 0 fully saturated rings. The second-order valence-electron chi connectivity index (χ2n) is 8.22. The van der Waals surface area contributed by atoms with Crippen molar-refractivity contribution in [2.75, 3.05) is 5.32 Å². The van der Waals surface area contributed by atoms with Crippen LogP contribution in [0.5, 0.6) is 0 Å². The van der Waals surface area contributed by atoms with E-state index in [-0.39, 0.29) is 0 Å². The van der Waals surface area contributed by atoms with E-state index in [4.69, 9.17) is 0 Å². The summed E-state index contributed by atoms with van der Waals surface area (Å²) in [6.45, 7) is 2.02. The second kappa shape index (κ2) is 6.68. The predicted octanol–water partition coefficient (Wildman–Crippen LogP) is 5.53. The summed E-state index contributed by atoms with van der Waals surface area (Å²) >= 11 is 2.09. The zero-order chi connectivity index (χ0) is 18.5. The van der Waals surface area contributed by atoms with Crippen LogP contribution in [0.2, 0.25) is 0 Å². The molecule has 2 unspecified atom stereocenters. The van der Waals surface area contributed by atoms with Crippen LogP contribution in [0.3, 0.4) is 0 Å². The number of benzene rings is 3. The highest BCUT2D eigenvalue weighted by Crippen LogP contribution is 2.43. The highest BCUT2D eigenvalue weighted by atomic mass is 32.2. The molecule has 0 radical (unpaired) electrons. The zero-order valence-electron chi connectivity index (χ0n) is 15.9. The minimum absolute atomic E-state index is 0.399. The van der Waals surface area contributed by atoms with Crippen molar-refractivity contribution >= 4 is 17.4 Å². The molecule has 2 N–H and O–H groups in total. The molecule has 0 saturated heterocycles. The summed E-state index contributed by atoms with van der Waals surface area (Å²) < 4.78 is 0. The van der Waals surface area contributed by atoms with Crippen molar-refractivity contribution in [2.24, 2.45) is 0 Å². The van der Waals surface area contributed by atoms with Crippen LogP contribution < -0.4 is 10.6 Å². The fourth-order valence-electron chi connectivity index (χ4n) is 4.88. The van der Waals surface area contributed by atoms with Crippen molar-refractivity contribution in [2.45, 2.75) is 43.0 Å². The van der Waals surface area contributed by atoms with Gasteiger partial charge in [0, 0.05) is 29.8 Å². The minimum Gasteiger partial charge on any atom is -0.378 e. The summed E-state index contributed by atoms with van der Waals surface area (Å²) in [5.41, 5.74) is 11.6. The number of rotatable bonds is 2. The van der Waals surface area contributed by atoms with Gasteiger partial charge in [-0.25, -0.2) is 0 Å². The topological polar surface area (TPSA) is 24.1 Å². The fourth-order valence-corrected chi connectivity index (χ4v) is 6.17. The van der Waals surface area contributed by atoms with Crippen molar-refractivity contribution in [1.29, 1.82) is 0 Å². The Morgan fingerprint density at radius 3 is 2.50 bits per heavy atom. The molecule has 3 heterocycles. The Labute approximate surface area is 170 Å². The van der Waals surface area contributed by atoms with Crippen LogP contribution in [0.4, 0.5) is 5.69 Å². The normalized spacial score (nSPS) is 22.3. The van der Waals surface area contributed by atoms with Gasteiger partial charge < -0.3 is 10.6 Å². The highest BCUT2D eigenvalue weighted by Gasteiger charge is 2.26. The SMILES string of the molecule is c1ccc2c(c1)CSC(c1ccc3c(c1)CC(c1ccc4c(c1)CNC4)N3)C2. The monoisotopic (exact) mass is 384 g/mol. The van der Waals surface area contributed by atoms with Gasteiger partial charge in [0.25, 0.3) is 0 Å². The van der Waals surface area contributed by atoms with E-state index in [0.29, 0.717) is 11.3 Å². The third kappa shape index (κ3) is 2.85. The van der Waals surface area contributed by atoms with Gasteiger partial charge in [-0.05, 0) is 57.9 Å². The molecule has 0 aromatic heterocycles. The Morgan fingerprint density at radius 1 is 0.714 bits per heavy atom. The van der Waals surface area contributed by atoms with Gasteiger partial charge in [0.1, 0.15) is 0 Å². The number of hydrogen-bond donors (Lipinski definition) is 2. The summed E-state index contributed by atoms with van der Waals surface area (Å²) in [6.07, 6.45) is 2.23. The molecule has 28 heavy (non-hydrogen) atoms. The summed E-state index contributed by atoms with van der Waals surface area (Å²) in [4.78, 5) is 0. The number of thioether (sulfide) groups is 1. The van der Waals surface area contributed by atoms with Gasteiger partial charge in [0.05, 0.1) is 6.04 Å². The van der Waals surface area contributed by atoms with E-state index in [0.717, 1.165) is 31.7 Å². The lowest BCUT2D eigenvalue weighted by atomic mass is 9.96. The number of nitrogens with one attached hydrogen (secondary N) is 2. The maximum Gasteiger partial charge on any atom is 0.0555 e. The summed E-state index contributed by atoms with van der Waals surface area (Å²) in [5.74, 6) is 1.13. The lowest BCUT2D eigenvalue weighted by molar-refractivity contribution is 0.764. The van der Waals surface area contributed by atoms with Crippen molar-refractivity contribution in [1.82, 2.24) is 5.32 Å². The first kappa shape index (κ1) is 16.7. The Bertz CT molecular complexity index is 1060. The van der Waals surface area contributed by atoms with Gasteiger partial charge in [-0.2, -0.15) is 0 Å². The average molecular weight is 385 g/mol. The molecule has 2 nitrogen and oxygen atoms in total. The molecule has 2 atom stereocenters. The van der Waals surface area contributed by atoms with E-state index < -0.39 is 0 Å². The lowest BCUT2D eigenvalue weighted by Gasteiger charge is -2.25. The van der Waals surface area contributed by atoms with Crippen LogP contribution >= 0.6 is 11.8 Å². The first-order valence-electron chi connectivity index (χ1n) is 10.2. The average Bonchev–Trinajstić information content (AvgIpc) is 3.39. The maximum atomic E-state index is 3.76. The van der Waals surface area contributed by atoms with E-state index in [1.54, 1.807) is 0 Å². The molecule has 140 valence electrons. The van der Waals surface area contributed by atoms with Gasteiger partial charge in [-0.15, -0.1) is 11.8 Å². The molecule has 3 aromatic rings. The molecular weight excluding hydrogens is 360 g/mol. The van der Waals surface area contributed by atoms with E-state index in [1.807, 2.05) is 0 Å². The summed E-state index contributed by atoms with van der Waals surface area (Å²) in [7, 11) is 0. The largest absolute Gasteiger partial charge is 0.378 e. The first-order valence-corrected chi connectivity index (χ1v) is 11.3. The third-order valence-corrected chi connectivity index (χ3v) is 7.80. The number of hydrogen-bond acceptors (Lipinski definition) is 3. The lowest BCUT2D eigenvalue weighted by Crippen LogP contribution is -2.08. The van der Waals surface area contributed by atoms with Gasteiger partial charge in [0.2, 0.25) is 0 Å². The second-order valence-corrected chi connectivity index (χ2v) is 9.41. The molecular formula is C25H24N2S. The smallest absolute Gasteiger partial charge is 0.0555 e. The Kier molecular flexibility index (Phi) is 3.98. The number of anilines is 1. The van der Waals surface area contributed by atoms with Crippen molar-refractivity contribution in [3.8, 4) is 0 Å². The van der Waals surface area contributed by atoms with Crippen LogP contribution in [0.15, 0.2) is 60.7 Å². The summed E-state index contributed by atoms with van der Waals surface area (Å²) in [5, 5.41) is 7.79. The van der Waals surface area contributed by atoms with E-state index in [1.165, 1.54) is 44.6 Å². The Hall–Kier alpha value is -2.23. The molecule has 0 aliphatic carbocycles. The fraction of sp³-hybridized carbons (Fsp3) is 0.280. The van der Waals surface area contributed by atoms with Gasteiger partial charge >= 0.3 is 0 Å². The standard InChI is InChI=1S/C25H24N2S/c1-2-4-20-15-28-25(12-16(20)3-1)18-7-8-23-21(10-18)11-24(27-23)17-5-6-19-13-26-14-22(19)9-17/h1-10,24-27H,11-15H2. The molecule has 3 aliphatic heterocycles. The maximum absolute atomic E-state index is 3.76. The van der Waals surface area contributed by atoms with Crippen molar-refractivity contribution in [3.05, 3.63) is 99.6 Å².